The highest BCUT2D eigenvalue weighted by Crippen LogP contribution is 2.28. The number of ether oxygens (including phenoxy) is 2. The molecule has 0 aliphatic rings. The number of rotatable bonds is 10. The van der Waals surface area contributed by atoms with E-state index in [1.54, 1.807) is 44.2 Å². The zero-order chi connectivity index (χ0) is 26.4. The van der Waals surface area contributed by atoms with Crippen LogP contribution in [0, 0.1) is 10.1 Å². The summed E-state index contributed by atoms with van der Waals surface area (Å²) in [6, 6.07) is 12.3. The smallest absolute Gasteiger partial charge is 0.338 e. The normalized spacial score (nSPS) is 10.6. The topological polar surface area (TPSA) is 166 Å². The van der Waals surface area contributed by atoms with E-state index in [1.165, 1.54) is 12.1 Å². The van der Waals surface area contributed by atoms with Crippen molar-refractivity contribution in [1.29, 1.82) is 0 Å². The van der Waals surface area contributed by atoms with Crippen molar-refractivity contribution in [1.82, 2.24) is 9.13 Å². The lowest BCUT2D eigenvalue weighted by atomic mass is 10.1. The van der Waals surface area contributed by atoms with Crippen molar-refractivity contribution in [3.63, 3.8) is 0 Å². The lowest BCUT2D eigenvalue weighted by Gasteiger charge is -2.16. The van der Waals surface area contributed by atoms with E-state index in [-0.39, 0.29) is 36.8 Å². The Kier molecular flexibility index (Phi) is 8.00. The van der Waals surface area contributed by atoms with Gasteiger partial charge in [0, 0.05) is 12.6 Å². The number of benzene rings is 2. The molecular weight excluding hydrogens is 472 g/mol. The summed E-state index contributed by atoms with van der Waals surface area (Å²) in [5.74, 6) is -2.32. The summed E-state index contributed by atoms with van der Waals surface area (Å²) >= 11 is 0. The van der Waals surface area contributed by atoms with Gasteiger partial charge in [-0.3, -0.25) is 28.8 Å². The Morgan fingerprint density at radius 2 is 1.75 bits per heavy atom. The molecule has 12 heteroatoms. The van der Waals surface area contributed by atoms with Crippen LogP contribution < -0.4 is 21.7 Å². The molecule has 0 aliphatic carbocycles. The van der Waals surface area contributed by atoms with Gasteiger partial charge in [0.2, 0.25) is 5.78 Å². The van der Waals surface area contributed by atoms with Crippen molar-refractivity contribution in [2.24, 2.45) is 0 Å². The van der Waals surface area contributed by atoms with Crippen LogP contribution in [-0.2, 0) is 17.8 Å². The Hall–Kier alpha value is -4.74. The number of hydrogen-bond donors (Lipinski definition) is 1. The maximum absolute atomic E-state index is 12.9. The summed E-state index contributed by atoms with van der Waals surface area (Å²) in [5.41, 5.74) is 4.09. The number of nitrogens with two attached hydrogens (primary N) is 1. The molecular formula is C24H24N4O8. The third-order valence-corrected chi connectivity index (χ3v) is 5.27. The van der Waals surface area contributed by atoms with E-state index in [0.29, 0.717) is 0 Å². The number of Topliss-reactive ketones (excluding diaryl/α,β-unsaturated/α-hetero) is 1. The predicted octanol–water partition coefficient (Wildman–Crippen LogP) is 2.01. The van der Waals surface area contributed by atoms with Crippen LogP contribution >= 0.6 is 0 Å². The second-order valence-electron chi connectivity index (χ2n) is 7.54. The molecule has 0 atom stereocenters. The van der Waals surface area contributed by atoms with Gasteiger partial charge in [0.25, 0.3) is 5.56 Å². The van der Waals surface area contributed by atoms with Gasteiger partial charge in [-0.2, -0.15) is 0 Å². The van der Waals surface area contributed by atoms with E-state index in [4.69, 9.17) is 15.2 Å². The van der Waals surface area contributed by atoms with E-state index in [9.17, 15) is 29.3 Å². The Morgan fingerprint density at radius 3 is 2.36 bits per heavy atom. The lowest BCUT2D eigenvalue weighted by Crippen LogP contribution is -2.44. The fourth-order valence-electron chi connectivity index (χ4n) is 3.53. The van der Waals surface area contributed by atoms with Crippen molar-refractivity contribution in [3.8, 4) is 5.75 Å². The molecule has 0 unspecified atom stereocenters. The minimum Gasteiger partial charge on any atom is -0.487 e. The molecule has 3 rings (SSSR count). The average molecular weight is 496 g/mol. The van der Waals surface area contributed by atoms with Crippen LogP contribution in [0.5, 0.6) is 5.75 Å². The van der Waals surface area contributed by atoms with Crippen LogP contribution in [-0.4, -0.2) is 39.0 Å². The highest BCUT2D eigenvalue weighted by atomic mass is 16.6. The summed E-state index contributed by atoms with van der Waals surface area (Å²) in [4.78, 5) is 61.6. The minimum atomic E-state index is -1.03. The second-order valence-corrected chi connectivity index (χ2v) is 7.54. The number of carbonyl (C=O) groups is 2. The van der Waals surface area contributed by atoms with Crippen LogP contribution in [0.4, 0.5) is 11.5 Å². The fraction of sp³-hybridized carbons (Fsp3) is 0.250. The van der Waals surface area contributed by atoms with Crippen LogP contribution in [0.15, 0.2) is 58.1 Å². The number of carbonyl (C=O) groups excluding carboxylic acids is 2. The second kappa shape index (κ2) is 11.1. The summed E-state index contributed by atoms with van der Waals surface area (Å²) in [6.45, 7) is 2.54. The molecule has 1 aromatic heterocycles. The number of nitro benzene ring substituents is 1. The molecule has 1 heterocycles. The van der Waals surface area contributed by atoms with Crippen molar-refractivity contribution < 1.29 is 24.0 Å². The van der Waals surface area contributed by atoms with Gasteiger partial charge in [0.05, 0.1) is 23.6 Å². The summed E-state index contributed by atoms with van der Waals surface area (Å²) in [5, 5.41) is 11.3. The van der Waals surface area contributed by atoms with E-state index < -0.39 is 45.8 Å². The highest BCUT2D eigenvalue weighted by Gasteiger charge is 2.25. The molecule has 3 aromatic rings. The Labute approximate surface area is 204 Å². The predicted molar refractivity (Wildman–Crippen MR) is 129 cm³/mol. The molecule has 12 nitrogen and oxygen atoms in total. The maximum Gasteiger partial charge on any atom is 0.338 e. The van der Waals surface area contributed by atoms with E-state index in [0.717, 1.165) is 20.8 Å². The number of nitrogens with zero attached hydrogens (tertiary/aromatic N) is 3. The highest BCUT2D eigenvalue weighted by molar-refractivity contribution is 6.02. The largest absolute Gasteiger partial charge is 0.487 e. The monoisotopic (exact) mass is 496 g/mol. The first-order chi connectivity index (χ1) is 17.2. The Bertz CT molecular complexity index is 1430. The Balaban J connectivity index is 1.89. The number of hydrogen-bond acceptors (Lipinski definition) is 9. The molecule has 0 amide bonds. The number of nitro groups is 1. The first-order valence-electron chi connectivity index (χ1n) is 11.0. The van der Waals surface area contributed by atoms with Gasteiger partial charge in [0.15, 0.2) is 12.4 Å². The molecule has 0 aliphatic heterocycles. The van der Waals surface area contributed by atoms with Gasteiger partial charge in [-0.25, -0.2) is 9.59 Å². The van der Waals surface area contributed by atoms with Crippen LogP contribution in [0.3, 0.4) is 0 Å². The fourth-order valence-corrected chi connectivity index (χ4v) is 3.53. The summed E-state index contributed by atoms with van der Waals surface area (Å²) in [6.07, 6.45) is 0. The molecule has 0 fully saturated rings. The SMILES string of the molecule is CCOc1ccc(C(=O)OCC(=O)c2c(N)n(Cc3ccccc3)c(=O)n(CC)c2=O)cc1[N+](=O)[O-]. The van der Waals surface area contributed by atoms with E-state index in [1.807, 2.05) is 0 Å². The maximum atomic E-state index is 12.9. The van der Waals surface area contributed by atoms with Gasteiger partial charge < -0.3 is 15.2 Å². The standard InChI is InChI=1S/C24H24N4O8/c1-3-26-22(30)20(21(25)27(24(26)32)13-15-8-6-5-7-9-15)18(29)14-36-23(31)16-10-11-19(35-4-2)17(12-16)28(33)34/h5-12H,3-4,13-14,25H2,1-2H3. The van der Waals surface area contributed by atoms with Crippen molar-refractivity contribution in [3.05, 3.63) is 96.2 Å². The molecule has 0 saturated heterocycles. The number of anilines is 1. The van der Waals surface area contributed by atoms with Gasteiger partial charge in [-0.1, -0.05) is 30.3 Å². The molecule has 0 saturated carbocycles. The van der Waals surface area contributed by atoms with Crippen LogP contribution in [0.25, 0.3) is 0 Å². The van der Waals surface area contributed by atoms with Crippen LogP contribution in [0.2, 0.25) is 0 Å². The number of esters is 1. The number of ketones is 1. The number of aromatic nitrogens is 2. The zero-order valence-corrected chi connectivity index (χ0v) is 19.6. The molecule has 0 bridgehead atoms. The van der Waals surface area contributed by atoms with Gasteiger partial charge in [-0.15, -0.1) is 0 Å². The first-order valence-corrected chi connectivity index (χ1v) is 11.0. The van der Waals surface area contributed by atoms with Crippen LogP contribution in [0.1, 0.15) is 40.1 Å². The van der Waals surface area contributed by atoms with Gasteiger partial charge in [0.1, 0.15) is 11.4 Å². The van der Waals surface area contributed by atoms with Crippen molar-refractivity contribution in [2.75, 3.05) is 18.9 Å². The van der Waals surface area contributed by atoms with Crippen molar-refractivity contribution in [2.45, 2.75) is 26.9 Å². The molecule has 0 radical (unpaired) electrons. The summed E-state index contributed by atoms with van der Waals surface area (Å²) in [7, 11) is 0. The zero-order valence-electron chi connectivity index (χ0n) is 19.6. The first kappa shape index (κ1) is 25.9. The quantitative estimate of drug-likeness (QED) is 0.191. The minimum absolute atomic E-state index is 0.0113. The molecule has 0 spiro atoms. The van der Waals surface area contributed by atoms with E-state index in [2.05, 4.69) is 0 Å². The molecule has 2 aromatic carbocycles. The number of nitrogen functional groups attached to an aromatic ring is 1. The third-order valence-electron chi connectivity index (χ3n) is 5.27. The molecule has 36 heavy (non-hydrogen) atoms. The third kappa shape index (κ3) is 5.32. The Morgan fingerprint density at radius 1 is 1.06 bits per heavy atom. The molecule has 2 N–H and O–H groups in total. The van der Waals surface area contributed by atoms with Crippen molar-refractivity contribution >= 4 is 23.3 Å². The van der Waals surface area contributed by atoms with Gasteiger partial charge in [-0.05, 0) is 31.5 Å². The molecule has 188 valence electrons. The van der Waals surface area contributed by atoms with E-state index >= 15 is 0 Å². The lowest BCUT2D eigenvalue weighted by molar-refractivity contribution is -0.385. The summed E-state index contributed by atoms with van der Waals surface area (Å²) < 4.78 is 12.1. The van der Waals surface area contributed by atoms with Gasteiger partial charge >= 0.3 is 17.3 Å². The average Bonchev–Trinajstić information content (AvgIpc) is 2.86.